The Bertz CT molecular complexity index is 753. The van der Waals surface area contributed by atoms with Crippen molar-refractivity contribution in [2.75, 3.05) is 18.5 Å². The van der Waals surface area contributed by atoms with E-state index in [1.807, 2.05) is 0 Å². The molecular weight excluding hydrogens is 348 g/mol. The van der Waals surface area contributed by atoms with E-state index in [4.69, 9.17) is 16.3 Å². The lowest BCUT2D eigenvalue weighted by Gasteiger charge is -2.28. The van der Waals surface area contributed by atoms with Crippen LogP contribution in [0, 0.1) is 0 Å². The van der Waals surface area contributed by atoms with Crippen molar-refractivity contribution < 1.29 is 20.1 Å². The average molecular weight is 367 g/mol. The topological polar surface area (TPSA) is 121 Å². The fraction of sp³-hybridized carbons (Fsp3) is 0.438. The number of rotatable bonds is 4. The van der Waals surface area contributed by atoms with Crippen molar-refractivity contribution in [1.29, 1.82) is 0 Å². The van der Waals surface area contributed by atoms with E-state index in [0.29, 0.717) is 35.3 Å². The van der Waals surface area contributed by atoms with Gasteiger partial charge in [0.25, 0.3) is 0 Å². The van der Waals surface area contributed by atoms with E-state index in [2.05, 4.69) is 20.3 Å². The Kier molecular flexibility index (Phi) is 5.16. The van der Waals surface area contributed by atoms with Crippen LogP contribution in [-0.4, -0.2) is 55.6 Å². The van der Waals surface area contributed by atoms with Crippen LogP contribution in [0.25, 0.3) is 11.3 Å². The van der Waals surface area contributed by atoms with Crippen molar-refractivity contribution >= 4 is 17.5 Å². The van der Waals surface area contributed by atoms with Crippen LogP contribution in [0.15, 0.2) is 24.7 Å². The van der Waals surface area contributed by atoms with Gasteiger partial charge in [-0.3, -0.25) is 4.98 Å². The van der Waals surface area contributed by atoms with Crippen molar-refractivity contribution in [3.63, 3.8) is 0 Å². The van der Waals surface area contributed by atoms with Gasteiger partial charge < -0.3 is 25.4 Å². The number of anilines is 1. The highest BCUT2D eigenvalue weighted by Gasteiger charge is 2.25. The molecule has 0 saturated carbocycles. The Morgan fingerprint density at radius 2 is 2.12 bits per heavy atom. The number of hydrogen-bond acceptors (Lipinski definition) is 8. The van der Waals surface area contributed by atoms with Gasteiger partial charge in [-0.25, -0.2) is 9.97 Å². The Morgan fingerprint density at radius 3 is 2.84 bits per heavy atom. The van der Waals surface area contributed by atoms with Gasteiger partial charge in [0.2, 0.25) is 5.95 Å². The van der Waals surface area contributed by atoms with Gasteiger partial charge in [-0.2, -0.15) is 0 Å². The van der Waals surface area contributed by atoms with Gasteiger partial charge in [-0.05, 0) is 19.4 Å². The number of ether oxygens (including phenoxy) is 1. The minimum absolute atomic E-state index is 0.217. The summed E-state index contributed by atoms with van der Waals surface area (Å²) >= 11 is 6.19. The molecule has 0 bridgehead atoms. The van der Waals surface area contributed by atoms with Crippen LogP contribution < -0.4 is 5.32 Å². The van der Waals surface area contributed by atoms with Crippen LogP contribution in [0.4, 0.5) is 5.95 Å². The molecule has 8 nitrogen and oxygen atoms in total. The van der Waals surface area contributed by atoms with E-state index >= 15 is 0 Å². The monoisotopic (exact) mass is 366 g/mol. The van der Waals surface area contributed by atoms with E-state index in [9.17, 15) is 15.3 Å². The minimum atomic E-state index is -2.02. The number of nitrogens with one attached hydrogen (secondary N) is 1. The van der Waals surface area contributed by atoms with Crippen LogP contribution in [0.5, 0.6) is 0 Å². The van der Waals surface area contributed by atoms with E-state index < -0.39 is 11.9 Å². The van der Waals surface area contributed by atoms with Crippen molar-refractivity contribution in [1.82, 2.24) is 15.0 Å². The summed E-state index contributed by atoms with van der Waals surface area (Å²) in [6, 6.07) is 1.33. The predicted octanol–water partition coefficient (Wildman–Crippen LogP) is 0.911. The number of aromatic nitrogens is 3. The molecule has 0 aromatic carbocycles. The fourth-order valence-corrected chi connectivity index (χ4v) is 2.72. The Morgan fingerprint density at radius 1 is 1.32 bits per heavy atom. The Hall–Kier alpha value is -1.84. The molecule has 134 valence electrons. The molecule has 2 aromatic heterocycles. The molecule has 1 saturated heterocycles. The highest BCUT2D eigenvalue weighted by atomic mass is 35.5. The third kappa shape index (κ3) is 4.23. The van der Waals surface area contributed by atoms with E-state index in [-0.39, 0.29) is 18.2 Å². The molecule has 25 heavy (non-hydrogen) atoms. The van der Waals surface area contributed by atoms with Crippen LogP contribution in [0.1, 0.15) is 18.9 Å². The molecule has 1 aliphatic rings. The van der Waals surface area contributed by atoms with Crippen molar-refractivity contribution in [2.45, 2.75) is 31.3 Å². The zero-order valence-corrected chi connectivity index (χ0v) is 14.3. The minimum Gasteiger partial charge on any atom is -0.389 e. The van der Waals surface area contributed by atoms with Crippen LogP contribution in [0.3, 0.4) is 0 Å². The summed E-state index contributed by atoms with van der Waals surface area (Å²) in [5.74, 6) is -1.71. The smallest absolute Gasteiger partial charge is 0.223 e. The molecule has 0 amide bonds. The quantitative estimate of drug-likeness (QED) is 0.589. The summed E-state index contributed by atoms with van der Waals surface area (Å²) < 4.78 is 5.20. The third-order valence-electron chi connectivity index (χ3n) is 3.94. The first-order valence-electron chi connectivity index (χ1n) is 7.80. The highest BCUT2D eigenvalue weighted by Crippen LogP contribution is 2.28. The maximum Gasteiger partial charge on any atom is 0.223 e. The third-order valence-corrected chi connectivity index (χ3v) is 4.22. The van der Waals surface area contributed by atoms with E-state index in [1.54, 1.807) is 6.07 Å². The molecule has 1 fully saturated rings. The number of aliphatic hydroxyl groups is 3. The molecule has 0 radical (unpaired) electrons. The first-order valence-corrected chi connectivity index (χ1v) is 8.18. The van der Waals surface area contributed by atoms with Crippen molar-refractivity contribution in [3.8, 4) is 11.3 Å². The first-order chi connectivity index (χ1) is 11.8. The number of nitrogens with zero attached hydrogens (tertiary/aromatic N) is 3. The summed E-state index contributed by atoms with van der Waals surface area (Å²) in [6.45, 7) is 2.05. The zero-order valence-electron chi connectivity index (χ0n) is 13.6. The van der Waals surface area contributed by atoms with Gasteiger partial charge >= 0.3 is 0 Å². The summed E-state index contributed by atoms with van der Waals surface area (Å²) in [5, 5.41) is 32.8. The molecule has 0 spiro atoms. The molecule has 3 rings (SSSR count). The second-order valence-corrected chi connectivity index (χ2v) is 6.46. The second kappa shape index (κ2) is 7.19. The summed E-state index contributed by atoms with van der Waals surface area (Å²) in [6.07, 6.45) is 4.31. The van der Waals surface area contributed by atoms with Crippen LogP contribution in [0.2, 0.25) is 5.02 Å². The fourth-order valence-electron chi connectivity index (χ4n) is 2.52. The van der Waals surface area contributed by atoms with E-state index in [1.165, 1.54) is 25.5 Å². The van der Waals surface area contributed by atoms with Crippen molar-refractivity contribution in [2.24, 2.45) is 0 Å². The maximum absolute atomic E-state index is 9.96. The molecule has 9 heteroatoms. The lowest BCUT2D eigenvalue weighted by Crippen LogP contribution is -2.42. The Balaban J connectivity index is 1.89. The molecule has 2 aromatic rings. The SMILES string of the molecule is CC(O)(O)c1cncc(-c2nc(N[C@@H]3CCOC[C@H]3O)ncc2Cl)c1. The molecular formula is C16H19ClN4O4. The van der Waals surface area contributed by atoms with Crippen molar-refractivity contribution in [3.05, 3.63) is 35.2 Å². The zero-order chi connectivity index (χ0) is 18.0. The number of hydrogen-bond donors (Lipinski definition) is 4. The van der Waals surface area contributed by atoms with Gasteiger partial charge in [0.1, 0.15) is 0 Å². The molecule has 0 unspecified atom stereocenters. The van der Waals surface area contributed by atoms with Gasteiger partial charge in [0.15, 0.2) is 5.79 Å². The average Bonchev–Trinajstić information content (AvgIpc) is 2.58. The first kappa shape index (κ1) is 18.0. The number of aliphatic hydroxyl groups excluding tert-OH is 1. The molecule has 4 N–H and O–H groups in total. The summed E-state index contributed by atoms with van der Waals surface area (Å²) in [4.78, 5) is 12.5. The van der Waals surface area contributed by atoms with Gasteiger partial charge in [0.05, 0.1) is 35.7 Å². The number of halogens is 1. The van der Waals surface area contributed by atoms with Crippen LogP contribution in [-0.2, 0) is 10.5 Å². The highest BCUT2D eigenvalue weighted by molar-refractivity contribution is 6.32. The number of pyridine rings is 1. The van der Waals surface area contributed by atoms with Gasteiger partial charge in [0, 0.05) is 30.1 Å². The maximum atomic E-state index is 9.96. The Labute approximate surface area is 149 Å². The largest absolute Gasteiger partial charge is 0.389 e. The van der Waals surface area contributed by atoms with Gasteiger partial charge in [-0.15, -0.1) is 0 Å². The lowest BCUT2D eigenvalue weighted by molar-refractivity contribution is -0.152. The predicted molar refractivity (Wildman–Crippen MR) is 90.9 cm³/mol. The van der Waals surface area contributed by atoms with Gasteiger partial charge in [-0.1, -0.05) is 11.6 Å². The summed E-state index contributed by atoms with van der Waals surface area (Å²) in [7, 11) is 0. The molecule has 1 aliphatic heterocycles. The second-order valence-electron chi connectivity index (χ2n) is 6.06. The summed E-state index contributed by atoms with van der Waals surface area (Å²) in [5.41, 5.74) is 1.14. The normalized spacial score (nSPS) is 21.2. The molecule has 2 atom stereocenters. The molecule has 0 aliphatic carbocycles. The van der Waals surface area contributed by atoms with Crippen LogP contribution >= 0.6 is 11.6 Å². The molecule has 3 heterocycles. The van der Waals surface area contributed by atoms with E-state index in [0.717, 1.165) is 0 Å². The standard InChI is InChI=1S/C16H19ClN4O4/c1-16(23,24)10-4-9(5-18-6-10)14-11(17)7-19-15(21-14)20-12-2-3-25-8-13(12)22/h4-7,12-13,22-24H,2-3,8H2,1H3,(H,19,20,21)/t12-,13-/m1/s1. The lowest BCUT2D eigenvalue weighted by atomic mass is 10.1.